The summed E-state index contributed by atoms with van der Waals surface area (Å²) in [7, 11) is 0. The Morgan fingerprint density at radius 2 is 2.00 bits per heavy atom. The van der Waals surface area contributed by atoms with Crippen LogP contribution in [0.4, 0.5) is 0 Å². The number of hydrogen-bond donors (Lipinski definition) is 1. The van der Waals surface area contributed by atoms with Crippen LogP contribution in [0.2, 0.25) is 0 Å². The van der Waals surface area contributed by atoms with Crippen LogP contribution in [-0.2, 0) is 0 Å². The van der Waals surface area contributed by atoms with Crippen LogP contribution in [0.25, 0.3) is 0 Å². The molecule has 0 aromatic heterocycles. The minimum absolute atomic E-state index is 0. The van der Waals surface area contributed by atoms with Gasteiger partial charge in [-0.05, 0) is 11.1 Å². The molecule has 1 aromatic rings. The van der Waals surface area contributed by atoms with Crippen LogP contribution in [-0.4, -0.2) is 6.54 Å². The molecule has 0 fully saturated rings. The predicted octanol–water partition coefficient (Wildman–Crippen LogP) is 3.29. The molecule has 1 unspecified atom stereocenters. The van der Waals surface area contributed by atoms with Gasteiger partial charge in [-0.25, -0.2) is 0 Å². The Hall–Kier alpha value is -0.500. The van der Waals surface area contributed by atoms with Crippen molar-refractivity contribution in [3.8, 4) is 0 Å². The monoisotopic (exact) mass is 231 g/mol. The molecule has 1 aromatic carbocycles. The van der Waals surface area contributed by atoms with E-state index in [2.05, 4.69) is 19.1 Å². The number of hydrogen-bond acceptors (Lipinski definition) is 1. The Morgan fingerprint density at radius 3 is 2.43 bits per heavy atom. The normalized spacial score (nSPS) is 13.2. The summed E-state index contributed by atoms with van der Waals surface area (Å²) in [6.07, 6.45) is 0. The molecule has 0 aliphatic carbocycles. The lowest BCUT2D eigenvalue weighted by atomic mass is 9.94. The number of nitrogens with two attached hydrogens (primary N) is 1. The molecule has 0 saturated carbocycles. The first-order chi connectivity index (χ1) is 6.29. The fourth-order valence-electron chi connectivity index (χ4n) is 1.27. The van der Waals surface area contributed by atoms with E-state index in [9.17, 15) is 0 Å². The second kappa shape index (κ2) is 6.88. The van der Waals surface area contributed by atoms with Crippen LogP contribution < -0.4 is 5.73 Å². The first-order valence-electron chi connectivity index (χ1n) is 4.33. The highest BCUT2D eigenvalue weighted by Gasteiger charge is 2.08. The smallest absolute Gasteiger partial charge is 0.0154 e. The Kier molecular flexibility index (Phi) is 6.64. The Morgan fingerprint density at radius 1 is 1.43 bits per heavy atom. The average molecular weight is 232 g/mol. The van der Waals surface area contributed by atoms with E-state index >= 15 is 0 Å². The van der Waals surface area contributed by atoms with Crippen molar-refractivity contribution in [1.29, 1.82) is 0 Å². The van der Waals surface area contributed by atoms with Crippen LogP contribution in [0.1, 0.15) is 18.4 Å². The molecule has 0 radical (unpaired) electrons. The van der Waals surface area contributed by atoms with E-state index in [-0.39, 0.29) is 12.4 Å². The second-order valence-corrected chi connectivity index (χ2v) is 3.24. The van der Waals surface area contributed by atoms with Crippen molar-refractivity contribution in [3.05, 3.63) is 47.0 Å². The molecule has 78 valence electrons. The molecule has 0 aliphatic rings. The molecule has 0 aliphatic heterocycles. The number of halogens is 2. The molecule has 0 heterocycles. The van der Waals surface area contributed by atoms with Crippen molar-refractivity contribution in [3.63, 3.8) is 0 Å². The molecule has 0 amide bonds. The maximum atomic E-state index is 5.67. The lowest BCUT2D eigenvalue weighted by Gasteiger charge is -2.13. The van der Waals surface area contributed by atoms with E-state index in [4.69, 9.17) is 17.3 Å². The van der Waals surface area contributed by atoms with Crippen molar-refractivity contribution in [2.45, 2.75) is 12.8 Å². The Bertz CT molecular complexity index is 283. The minimum atomic E-state index is 0. The van der Waals surface area contributed by atoms with Crippen LogP contribution in [0, 0.1) is 0 Å². The van der Waals surface area contributed by atoms with E-state index < -0.39 is 0 Å². The van der Waals surface area contributed by atoms with Gasteiger partial charge >= 0.3 is 0 Å². The van der Waals surface area contributed by atoms with Crippen LogP contribution in [0.15, 0.2) is 41.4 Å². The third-order valence-electron chi connectivity index (χ3n) is 2.23. The van der Waals surface area contributed by atoms with Gasteiger partial charge in [0.15, 0.2) is 0 Å². The summed E-state index contributed by atoms with van der Waals surface area (Å²) in [5.74, 6) is 0.309. The molecule has 3 heteroatoms. The van der Waals surface area contributed by atoms with Gasteiger partial charge in [0.2, 0.25) is 0 Å². The third-order valence-corrected chi connectivity index (χ3v) is 2.51. The maximum Gasteiger partial charge on any atom is 0.0154 e. The maximum absolute atomic E-state index is 5.67. The fourth-order valence-corrected chi connectivity index (χ4v) is 1.55. The quantitative estimate of drug-likeness (QED) is 0.850. The zero-order valence-electron chi connectivity index (χ0n) is 8.11. The molecule has 0 bridgehead atoms. The summed E-state index contributed by atoms with van der Waals surface area (Å²) in [6.45, 7) is 2.62. The topological polar surface area (TPSA) is 26.0 Å². The van der Waals surface area contributed by atoms with Gasteiger partial charge in [-0.3, -0.25) is 0 Å². The first-order valence-corrected chi connectivity index (χ1v) is 4.77. The van der Waals surface area contributed by atoms with E-state index in [1.165, 1.54) is 5.56 Å². The number of benzene rings is 1. The summed E-state index contributed by atoms with van der Waals surface area (Å²) in [5.41, 5.74) is 9.46. The summed E-state index contributed by atoms with van der Waals surface area (Å²) in [6, 6.07) is 10.2. The zero-order chi connectivity index (χ0) is 9.68. The highest BCUT2D eigenvalue weighted by atomic mass is 35.5. The number of rotatable bonds is 3. The van der Waals surface area contributed by atoms with Gasteiger partial charge in [-0.1, -0.05) is 48.9 Å². The van der Waals surface area contributed by atoms with E-state index in [1.54, 1.807) is 5.54 Å². The van der Waals surface area contributed by atoms with Gasteiger partial charge in [0.05, 0.1) is 0 Å². The Labute approximate surface area is 96.4 Å². The van der Waals surface area contributed by atoms with Gasteiger partial charge in [-0.2, -0.15) is 0 Å². The van der Waals surface area contributed by atoms with Gasteiger partial charge in [0, 0.05) is 18.0 Å². The molecule has 0 spiro atoms. The molecule has 2 N–H and O–H groups in total. The Balaban J connectivity index is 0.00000169. The molecule has 14 heavy (non-hydrogen) atoms. The zero-order valence-corrected chi connectivity index (χ0v) is 9.68. The molecule has 0 saturated heterocycles. The highest BCUT2D eigenvalue weighted by molar-refractivity contribution is 6.25. The van der Waals surface area contributed by atoms with Gasteiger partial charge in [0.25, 0.3) is 0 Å². The third kappa shape index (κ3) is 3.33. The van der Waals surface area contributed by atoms with Crippen molar-refractivity contribution < 1.29 is 0 Å². The SMILES string of the molecule is CC(/C(=C\Cl)CN)c1ccccc1.Cl. The average Bonchev–Trinajstić information content (AvgIpc) is 2.21. The highest BCUT2D eigenvalue weighted by Crippen LogP contribution is 2.22. The van der Waals surface area contributed by atoms with Gasteiger partial charge < -0.3 is 5.73 Å². The van der Waals surface area contributed by atoms with E-state index in [0.29, 0.717) is 12.5 Å². The molecule has 1 atom stereocenters. The second-order valence-electron chi connectivity index (χ2n) is 3.02. The first kappa shape index (κ1) is 13.5. The summed E-state index contributed by atoms with van der Waals surface area (Å²) in [4.78, 5) is 0. The molecule has 1 rings (SSSR count). The molecule has 1 nitrogen and oxygen atoms in total. The van der Waals surface area contributed by atoms with Crippen LogP contribution in [0.5, 0.6) is 0 Å². The van der Waals surface area contributed by atoms with Crippen molar-refractivity contribution in [1.82, 2.24) is 0 Å². The standard InChI is InChI=1S/C11H14ClN.ClH/c1-9(11(7-12)8-13)10-5-3-2-4-6-10;/h2-7,9H,8,13H2,1H3;1H/b11-7-;. The molecular weight excluding hydrogens is 217 g/mol. The lowest BCUT2D eigenvalue weighted by molar-refractivity contribution is 0.859. The summed E-state index contributed by atoms with van der Waals surface area (Å²) in [5, 5.41) is 0. The van der Waals surface area contributed by atoms with Crippen molar-refractivity contribution in [2.24, 2.45) is 5.73 Å². The minimum Gasteiger partial charge on any atom is -0.327 e. The van der Waals surface area contributed by atoms with E-state index in [0.717, 1.165) is 5.57 Å². The van der Waals surface area contributed by atoms with Crippen molar-refractivity contribution >= 4 is 24.0 Å². The van der Waals surface area contributed by atoms with E-state index in [1.807, 2.05) is 18.2 Å². The largest absolute Gasteiger partial charge is 0.327 e. The van der Waals surface area contributed by atoms with Gasteiger partial charge in [-0.15, -0.1) is 12.4 Å². The summed E-state index contributed by atoms with van der Waals surface area (Å²) >= 11 is 5.67. The summed E-state index contributed by atoms with van der Waals surface area (Å²) < 4.78 is 0. The fraction of sp³-hybridized carbons (Fsp3) is 0.273. The van der Waals surface area contributed by atoms with Crippen LogP contribution in [0.3, 0.4) is 0 Å². The lowest BCUT2D eigenvalue weighted by Crippen LogP contribution is -2.09. The van der Waals surface area contributed by atoms with Crippen molar-refractivity contribution in [2.75, 3.05) is 6.54 Å². The predicted molar refractivity (Wildman–Crippen MR) is 65.1 cm³/mol. The molecular formula is C11H15Cl2N. The van der Waals surface area contributed by atoms with Crippen LogP contribution >= 0.6 is 24.0 Å². The van der Waals surface area contributed by atoms with Gasteiger partial charge in [0.1, 0.15) is 0 Å².